The van der Waals surface area contributed by atoms with E-state index in [1.165, 1.54) is 12.1 Å². The highest BCUT2D eigenvalue weighted by Crippen LogP contribution is 2.21. The van der Waals surface area contributed by atoms with Crippen LogP contribution in [0.2, 0.25) is 0 Å². The Kier molecular flexibility index (Phi) is 3.36. The van der Waals surface area contributed by atoms with E-state index in [1.54, 1.807) is 23.6 Å². The van der Waals surface area contributed by atoms with E-state index in [4.69, 9.17) is 5.11 Å². The van der Waals surface area contributed by atoms with Crippen LogP contribution in [-0.2, 0) is 6.54 Å². The number of halogens is 2. The molecule has 0 saturated carbocycles. The van der Waals surface area contributed by atoms with E-state index >= 15 is 0 Å². The summed E-state index contributed by atoms with van der Waals surface area (Å²) < 4.78 is 28.5. The number of carbonyl (C=O) groups is 1. The fourth-order valence-corrected chi connectivity index (χ4v) is 2.38. The molecule has 0 spiro atoms. The molecule has 3 aromatic rings. The molecule has 0 bridgehead atoms. The predicted octanol–water partition coefficient (Wildman–Crippen LogP) is 3.37. The summed E-state index contributed by atoms with van der Waals surface area (Å²) >= 11 is 0. The van der Waals surface area contributed by atoms with Crippen molar-refractivity contribution < 1.29 is 18.7 Å². The Morgan fingerprint density at radius 3 is 2.45 bits per heavy atom. The molecule has 0 atom stereocenters. The summed E-state index contributed by atoms with van der Waals surface area (Å²) in [5.41, 5.74) is 1.93. The molecule has 0 saturated heterocycles. The number of nitrogens with zero attached hydrogens (tertiary/aromatic N) is 2. The molecule has 22 heavy (non-hydrogen) atoms. The Balaban J connectivity index is 2.01. The Hall–Kier alpha value is -2.76. The molecule has 0 fully saturated rings. The van der Waals surface area contributed by atoms with Crippen LogP contribution >= 0.6 is 0 Å². The van der Waals surface area contributed by atoms with Crippen LogP contribution < -0.4 is 0 Å². The number of aromatic nitrogens is 2. The van der Waals surface area contributed by atoms with Gasteiger partial charge in [0.2, 0.25) is 0 Å². The molecular formula is C16H12F2N2O2. The third-order valence-electron chi connectivity index (χ3n) is 3.52. The molecule has 1 N–H and O–H groups in total. The smallest absolute Gasteiger partial charge is 0.335 e. The number of benzene rings is 2. The minimum atomic E-state index is -0.992. The number of hydrogen-bond acceptors (Lipinski definition) is 2. The second kappa shape index (κ2) is 5.22. The van der Waals surface area contributed by atoms with Gasteiger partial charge in [0.05, 0.1) is 16.6 Å². The van der Waals surface area contributed by atoms with E-state index in [9.17, 15) is 13.6 Å². The summed E-state index contributed by atoms with van der Waals surface area (Å²) in [6, 6.07) is 8.58. The van der Waals surface area contributed by atoms with Gasteiger partial charge in [-0.3, -0.25) is 0 Å². The van der Waals surface area contributed by atoms with Gasteiger partial charge in [0.25, 0.3) is 0 Å². The van der Waals surface area contributed by atoms with Gasteiger partial charge in [-0.2, -0.15) is 0 Å². The highest BCUT2D eigenvalue weighted by Gasteiger charge is 2.12. The summed E-state index contributed by atoms with van der Waals surface area (Å²) in [5, 5.41) is 8.88. The van der Waals surface area contributed by atoms with E-state index in [0.29, 0.717) is 23.4 Å². The van der Waals surface area contributed by atoms with Crippen LogP contribution in [0.25, 0.3) is 11.0 Å². The van der Waals surface area contributed by atoms with Crippen LogP contribution in [0.5, 0.6) is 0 Å². The first-order valence-electron chi connectivity index (χ1n) is 6.60. The average Bonchev–Trinajstić information content (AvgIpc) is 2.76. The molecule has 0 aliphatic carbocycles. The predicted molar refractivity (Wildman–Crippen MR) is 76.9 cm³/mol. The Bertz CT molecular complexity index is 870. The van der Waals surface area contributed by atoms with Gasteiger partial charge in [-0.15, -0.1) is 0 Å². The number of fused-ring (bicyclic) bond motifs is 1. The first-order chi connectivity index (χ1) is 10.5. The van der Waals surface area contributed by atoms with Crippen molar-refractivity contribution in [3.05, 3.63) is 65.0 Å². The first-order valence-corrected chi connectivity index (χ1v) is 6.60. The van der Waals surface area contributed by atoms with E-state index in [-0.39, 0.29) is 5.56 Å². The lowest BCUT2D eigenvalue weighted by Gasteiger charge is -2.07. The molecule has 1 heterocycles. The highest BCUT2D eigenvalue weighted by molar-refractivity contribution is 5.87. The zero-order valence-corrected chi connectivity index (χ0v) is 11.7. The van der Waals surface area contributed by atoms with Crippen molar-refractivity contribution in [1.82, 2.24) is 9.55 Å². The molecular weight excluding hydrogens is 290 g/mol. The summed E-state index contributed by atoms with van der Waals surface area (Å²) in [6.07, 6.45) is 0. The van der Waals surface area contributed by atoms with Crippen molar-refractivity contribution in [3.8, 4) is 0 Å². The summed E-state index contributed by atoms with van der Waals surface area (Å²) in [7, 11) is 0. The van der Waals surface area contributed by atoms with Crippen LogP contribution in [-0.4, -0.2) is 20.6 Å². The molecule has 1 aromatic heterocycles. The largest absolute Gasteiger partial charge is 0.478 e. The lowest BCUT2D eigenvalue weighted by atomic mass is 10.1. The van der Waals surface area contributed by atoms with Gasteiger partial charge in [0.15, 0.2) is 11.6 Å². The zero-order valence-electron chi connectivity index (χ0n) is 11.7. The second-order valence-corrected chi connectivity index (χ2v) is 5.00. The lowest BCUT2D eigenvalue weighted by molar-refractivity contribution is 0.0697. The van der Waals surface area contributed by atoms with Gasteiger partial charge in [-0.05, 0) is 24.6 Å². The quantitative estimate of drug-likeness (QED) is 0.807. The maximum Gasteiger partial charge on any atom is 0.335 e. The molecule has 0 radical (unpaired) electrons. The van der Waals surface area contributed by atoms with Crippen molar-refractivity contribution in [2.45, 2.75) is 13.5 Å². The first kappa shape index (κ1) is 14.2. The maximum absolute atomic E-state index is 13.4. The van der Waals surface area contributed by atoms with Gasteiger partial charge in [0, 0.05) is 18.7 Å². The van der Waals surface area contributed by atoms with Crippen LogP contribution in [0.15, 0.2) is 36.4 Å². The molecule has 0 unspecified atom stereocenters. The van der Waals surface area contributed by atoms with E-state index < -0.39 is 17.6 Å². The fourth-order valence-electron chi connectivity index (χ4n) is 2.38. The Morgan fingerprint density at radius 2 is 1.82 bits per heavy atom. The van der Waals surface area contributed by atoms with Crippen molar-refractivity contribution in [1.29, 1.82) is 0 Å². The normalized spacial score (nSPS) is 11.0. The standard InChI is InChI=1S/C16H12F2N2O2/c1-9-19-14-6-12(17)13(18)7-15(14)20(9)8-10-2-4-11(5-3-10)16(21)22/h2-7H,8H2,1H3,(H,21,22). The van der Waals surface area contributed by atoms with Gasteiger partial charge < -0.3 is 9.67 Å². The van der Waals surface area contributed by atoms with Crippen molar-refractivity contribution >= 4 is 17.0 Å². The monoisotopic (exact) mass is 302 g/mol. The molecule has 4 nitrogen and oxygen atoms in total. The molecule has 0 aliphatic heterocycles. The second-order valence-electron chi connectivity index (χ2n) is 5.00. The third kappa shape index (κ3) is 2.43. The van der Waals surface area contributed by atoms with E-state index in [1.807, 2.05) is 0 Å². The lowest BCUT2D eigenvalue weighted by Crippen LogP contribution is -2.03. The number of imidazole rings is 1. The third-order valence-corrected chi connectivity index (χ3v) is 3.52. The SMILES string of the molecule is Cc1nc2cc(F)c(F)cc2n1Cc1ccc(C(=O)O)cc1. The molecule has 3 rings (SSSR count). The number of carboxylic acid groups (broad SMARTS) is 1. The fraction of sp³-hybridized carbons (Fsp3) is 0.125. The Morgan fingerprint density at radius 1 is 1.18 bits per heavy atom. The van der Waals surface area contributed by atoms with Crippen LogP contribution in [0, 0.1) is 18.6 Å². The summed E-state index contributed by atoms with van der Waals surface area (Å²) in [6.45, 7) is 2.15. The van der Waals surface area contributed by atoms with E-state index in [0.717, 1.165) is 17.7 Å². The van der Waals surface area contributed by atoms with Gasteiger partial charge in [0.1, 0.15) is 5.82 Å². The molecule has 0 aliphatic rings. The van der Waals surface area contributed by atoms with E-state index in [2.05, 4.69) is 4.98 Å². The molecule has 6 heteroatoms. The maximum atomic E-state index is 13.4. The molecule has 2 aromatic carbocycles. The van der Waals surface area contributed by atoms with Crippen LogP contribution in [0.4, 0.5) is 8.78 Å². The van der Waals surface area contributed by atoms with Gasteiger partial charge in [-0.25, -0.2) is 18.6 Å². The van der Waals surface area contributed by atoms with Crippen LogP contribution in [0.1, 0.15) is 21.7 Å². The van der Waals surface area contributed by atoms with Crippen molar-refractivity contribution in [3.63, 3.8) is 0 Å². The number of aromatic carboxylic acids is 1. The Labute approximate surface area is 124 Å². The van der Waals surface area contributed by atoms with Crippen LogP contribution in [0.3, 0.4) is 0 Å². The summed E-state index contributed by atoms with van der Waals surface area (Å²) in [4.78, 5) is 15.1. The van der Waals surface area contributed by atoms with Crippen molar-refractivity contribution in [2.75, 3.05) is 0 Å². The number of hydrogen-bond donors (Lipinski definition) is 1. The minimum absolute atomic E-state index is 0.198. The molecule has 112 valence electrons. The molecule has 0 amide bonds. The van der Waals surface area contributed by atoms with Crippen molar-refractivity contribution in [2.24, 2.45) is 0 Å². The zero-order chi connectivity index (χ0) is 15.9. The van der Waals surface area contributed by atoms with Gasteiger partial charge in [-0.1, -0.05) is 12.1 Å². The number of carboxylic acids is 1. The topological polar surface area (TPSA) is 55.1 Å². The number of rotatable bonds is 3. The average molecular weight is 302 g/mol. The minimum Gasteiger partial charge on any atom is -0.478 e. The summed E-state index contributed by atoms with van der Waals surface area (Å²) in [5.74, 6) is -2.21. The highest BCUT2D eigenvalue weighted by atomic mass is 19.2. The number of aryl methyl sites for hydroxylation is 1. The van der Waals surface area contributed by atoms with Gasteiger partial charge >= 0.3 is 5.97 Å².